The van der Waals surface area contributed by atoms with E-state index in [4.69, 9.17) is 0 Å². The summed E-state index contributed by atoms with van der Waals surface area (Å²) < 4.78 is 40.2. The van der Waals surface area contributed by atoms with E-state index >= 15 is 0 Å². The molecule has 100 valence electrons. The summed E-state index contributed by atoms with van der Waals surface area (Å²) in [5.41, 5.74) is 1.29. The van der Waals surface area contributed by atoms with Gasteiger partial charge in [0, 0.05) is 10.7 Å². The van der Waals surface area contributed by atoms with E-state index in [0.717, 1.165) is 28.5 Å². The van der Waals surface area contributed by atoms with Gasteiger partial charge in [0.1, 0.15) is 10.7 Å². The molecule has 0 bridgehead atoms. The highest BCUT2D eigenvalue weighted by Gasteiger charge is 2.15. The molecule has 0 aliphatic carbocycles. The van der Waals surface area contributed by atoms with Crippen LogP contribution in [0, 0.1) is 12.7 Å². The van der Waals surface area contributed by atoms with Gasteiger partial charge in [-0.05, 0) is 36.8 Å². The van der Waals surface area contributed by atoms with Crippen molar-refractivity contribution >= 4 is 31.6 Å². The standard InChI is InChI=1S/C12H10BrFN2O2S/c1-8-2-9(13)4-11(3-8)16-19(17,18)12-5-10(14)6-15-7-12/h2-7,16H,1H3. The fourth-order valence-corrected chi connectivity index (χ4v) is 3.17. The molecule has 0 amide bonds. The molecule has 4 nitrogen and oxygen atoms in total. The summed E-state index contributed by atoms with van der Waals surface area (Å²) >= 11 is 3.28. The van der Waals surface area contributed by atoms with Gasteiger partial charge in [-0.3, -0.25) is 9.71 Å². The fourth-order valence-electron chi connectivity index (χ4n) is 1.55. The molecule has 0 spiro atoms. The van der Waals surface area contributed by atoms with Crippen molar-refractivity contribution < 1.29 is 12.8 Å². The minimum atomic E-state index is -3.84. The van der Waals surface area contributed by atoms with E-state index in [0.29, 0.717) is 5.69 Å². The number of nitrogens with one attached hydrogen (secondary N) is 1. The number of sulfonamides is 1. The first-order chi connectivity index (χ1) is 8.87. The topological polar surface area (TPSA) is 59.1 Å². The van der Waals surface area contributed by atoms with E-state index in [1.54, 1.807) is 12.1 Å². The first-order valence-electron chi connectivity index (χ1n) is 5.27. The van der Waals surface area contributed by atoms with Gasteiger partial charge < -0.3 is 0 Å². The van der Waals surface area contributed by atoms with Gasteiger partial charge in [-0.1, -0.05) is 15.9 Å². The number of aryl methyl sites for hydroxylation is 1. The number of hydrogen-bond acceptors (Lipinski definition) is 3. The predicted molar refractivity (Wildman–Crippen MR) is 73.9 cm³/mol. The number of anilines is 1. The van der Waals surface area contributed by atoms with Crippen molar-refractivity contribution in [3.63, 3.8) is 0 Å². The monoisotopic (exact) mass is 344 g/mol. The van der Waals surface area contributed by atoms with Crippen LogP contribution in [0.25, 0.3) is 0 Å². The molecule has 0 atom stereocenters. The summed E-state index contributed by atoms with van der Waals surface area (Å²) in [4.78, 5) is 3.31. The van der Waals surface area contributed by atoms with E-state index < -0.39 is 15.8 Å². The van der Waals surface area contributed by atoms with Gasteiger partial charge >= 0.3 is 0 Å². The van der Waals surface area contributed by atoms with Gasteiger partial charge in [-0.15, -0.1) is 0 Å². The molecular weight excluding hydrogens is 335 g/mol. The van der Waals surface area contributed by atoms with Crippen LogP contribution >= 0.6 is 15.9 Å². The van der Waals surface area contributed by atoms with E-state index in [2.05, 4.69) is 25.6 Å². The molecule has 1 heterocycles. The molecule has 7 heteroatoms. The highest BCUT2D eigenvalue weighted by Crippen LogP contribution is 2.22. The molecule has 2 aromatic rings. The van der Waals surface area contributed by atoms with Crippen molar-refractivity contribution in [2.75, 3.05) is 4.72 Å². The molecule has 0 aliphatic rings. The Kier molecular flexibility index (Phi) is 3.86. The Morgan fingerprint density at radius 3 is 2.58 bits per heavy atom. The largest absolute Gasteiger partial charge is 0.280 e. The maximum Gasteiger partial charge on any atom is 0.263 e. The first kappa shape index (κ1) is 14.0. The third-order valence-corrected chi connectivity index (χ3v) is 4.09. The molecule has 1 aromatic heterocycles. The Bertz CT molecular complexity index is 699. The van der Waals surface area contributed by atoms with Gasteiger partial charge in [0.15, 0.2) is 0 Å². The minimum Gasteiger partial charge on any atom is -0.280 e. The molecular formula is C12H10BrFN2O2S. The van der Waals surface area contributed by atoms with E-state index in [1.165, 1.54) is 0 Å². The van der Waals surface area contributed by atoms with Crippen molar-refractivity contribution in [2.24, 2.45) is 0 Å². The summed E-state index contributed by atoms with van der Waals surface area (Å²) in [6.45, 7) is 1.84. The molecule has 0 aliphatic heterocycles. The van der Waals surface area contributed by atoms with Crippen LogP contribution in [0.1, 0.15) is 5.56 Å². The highest BCUT2D eigenvalue weighted by molar-refractivity contribution is 9.10. The molecule has 1 aromatic carbocycles. The first-order valence-corrected chi connectivity index (χ1v) is 7.55. The Balaban J connectivity index is 2.36. The lowest BCUT2D eigenvalue weighted by Gasteiger charge is -2.09. The van der Waals surface area contributed by atoms with Crippen molar-refractivity contribution in [1.29, 1.82) is 0 Å². The SMILES string of the molecule is Cc1cc(Br)cc(NS(=O)(=O)c2cncc(F)c2)c1. The number of benzene rings is 1. The van der Waals surface area contributed by atoms with Crippen LogP contribution in [0.4, 0.5) is 10.1 Å². The number of hydrogen-bond donors (Lipinski definition) is 1. The number of halogens is 2. The fraction of sp³-hybridized carbons (Fsp3) is 0.0833. The van der Waals surface area contributed by atoms with Crippen molar-refractivity contribution in [2.45, 2.75) is 11.8 Å². The maximum absolute atomic E-state index is 13.0. The van der Waals surface area contributed by atoms with Crippen LogP contribution in [0.2, 0.25) is 0 Å². The van der Waals surface area contributed by atoms with Gasteiger partial charge in [0.05, 0.1) is 11.9 Å². The zero-order valence-electron chi connectivity index (χ0n) is 9.89. The Hall–Kier alpha value is -1.47. The van der Waals surface area contributed by atoms with Crippen molar-refractivity contribution in [3.8, 4) is 0 Å². The van der Waals surface area contributed by atoms with Crippen LogP contribution in [0.15, 0.2) is 46.0 Å². The zero-order valence-corrected chi connectivity index (χ0v) is 12.3. The van der Waals surface area contributed by atoms with Gasteiger partial charge in [0.2, 0.25) is 0 Å². The van der Waals surface area contributed by atoms with E-state index in [9.17, 15) is 12.8 Å². The Morgan fingerprint density at radius 1 is 1.21 bits per heavy atom. The highest BCUT2D eigenvalue weighted by atomic mass is 79.9. The van der Waals surface area contributed by atoms with Crippen LogP contribution in [-0.4, -0.2) is 13.4 Å². The number of rotatable bonds is 3. The van der Waals surface area contributed by atoms with E-state index in [1.807, 2.05) is 13.0 Å². The number of pyridine rings is 1. The zero-order chi connectivity index (χ0) is 14.0. The molecule has 2 rings (SSSR count). The Labute approximate surface area is 118 Å². The van der Waals surface area contributed by atoms with Gasteiger partial charge in [0.25, 0.3) is 10.0 Å². The average molecular weight is 345 g/mol. The molecule has 19 heavy (non-hydrogen) atoms. The lowest BCUT2D eigenvalue weighted by molar-refractivity contribution is 0.592. The average Bonchev–Trinajstić information content (AvgIpc) is 2.26. The van der Waals surface area contributed by atoms with Crippen LogP contribution in [-0.2, 0) is 10.0 Å². The molecule has 0 fully saturated rings. The van der Waals surface area contributed by atoms with E-state index in [-0.39, 0.29) is 4.90 Å². The number of nitrogens with zero attached hydrogens (tertiary/aromatic N) is 1. The summed E-state index contributed by atoms with van der Waals surface area (Å²) in [7, 11) is -3.84. The van der Waals surface area contributed by atoms with Crippen molar-refractivity contribution in [1.82, 2.24) is 4.98 Å². The van der Waals surface area contributed by atoms with Crippen LogP contribution in [0.3, 0.4) is 0 Å². The third-order valence-electron chi connectivity index (χ3n) is 2.28. The van der Waals surface area contributed by atoms with Gasteiger partial charge in [-0.25, -0.2) is 12.8 Å². The summed E-state index contributed by atoms with van der Waals surface area (Å²) in [5, 5.41) is 0. The normalized spacial score (nSPS) is 11.3. The summed E-state index contributed by atoms with van der Waals surface area (Å²) in [6.07, 6.45) is 2.04. The second kappa shape index (κ2) is 5.26. The second-order valence-electron chi connectivity index (χ2n) is 3.96. The lowest BCUT2D eigenvalue weighted by atomic mass is 10.2. The van der Waals surface area contributed by atoms with Crippen LogP contribution in [0.5, 0.6) is 0 Å². The Morgan fingerprint density at radius 2 is 1.95 bits per heavy atom. The predicted octanol–water partition coefficient (Wildman–Crippen LogP) is 3.09. The smallest absolute Gasteiger partial charge is 0.263 e. The third kappa shape index (κ3) is 3.51. The quantitative estimate of drug-likeness (QED) is 0.930. The molecule has 1 N–H and O–H groups in total. The maximum atomic E-state index is 13.0. The minimum absolute atomic E-state index is 0.217. The van der Waals surface area contributed by atoms with Crippen molar-refractivity contribution in [3.05, 3.63) is 52.5 Å². The second-order valence-corrected chi connectivity index (χ2v) is 6.56. The summed E-state index contributed by atoms with van der Waals surface area (Å²) in [5.74, 6) is -0.701. The van der Waals surface area contributed by atoms with Gasteiger partial charge in [-0.2, -0.15) is 0 Å². The van der Waals surface area contributed by atoms with Crippen LogP contribution < -0.4 is 4.72 Å². The molecule has 0 radical (unpaired) electrons. The molecule has 0 unspecified atom stereocenters. The molecule has 0 saturated heterocycles. The summed E-state index contributed by atoms with van der Waals surface area (Å²) in [6, 6.07) is 6.06. The molecule has 0 saturated carbocycles. The number of aromatic nitrogens is 1. The lowest BCUT2D eigenvalue weighted by Crippen LogP contribution is -2.13.